The number of H-pyrrole nitrogens is 1. The summed E-state index contributed by atoms with van der Waals surface area (Å²) < 4.78 is 5.18. The van der Waals surface area contributed by atoms with Crippen LogP contribution in [0, 0.1) is 18.8 Å². The number of aryl methyl sites for hydroxylation is 1. The van der Waals surface area contributed by atoms with Gasteiger partial charge in [0.1, 0.15) is 5.75 Å². The topological polar surface area (TPSA) is 121 Å². The molecule has 4 rings (SSSR count). The Morgan fingerprint density at radius 1 is 1.20 bits per heavy atom. The minimum atomic E-state index is -1.61. The number of urea groups is 1. The molecule has 152 valence electrons. The van der Waals surface area contributed by atoms with E-state index in [1.807, 2.05) is 0 Å². The quantitative estimate of drug-likeness (QED) is 0.499. The van der Waals surface area contributed by atoms with Crippen LogP contribution in [0.15, 0.2) is 35.3 Å². The molecular weight excluding hydrogens is 388 g/mol. The van der Waals surface area contributed by atoms with Crippen molar-refractivity contribution in [1.82, 2.24) is 20.5 Å². The number of hydrogen-bond acceptors (Lipinski definition) is 5. The van der Waals surface area contributed by atoms with Gasteiger partial charge in [-0.15, -0.1) is 0 Å². The Morgan fingerprint density at radius 2 is 2.00 bits per heavy atom. The highest BCUT2D eigenvalue weighted by Crippen LogP contribution is 2.28. The molecule has 0 unspecified atom stereocenters. The molecule has 3 heterocycles. The van der Waals surface area contributed by atoms with Gasteiger partial charge in [-0.05, 0) is 30.2 Å². The van der Waals surface area contributed by atoms with E-state index >= 15 is 0 Å². The number of aromatic amines is 1. The molecule has 2 aliphatic heterocycles. The number of aromatic nitrogens is 1. The lowest BCUT2D eigenvalue weighted by molar-refractivity contribution is -0.122. The summed E-state index contributed by atoms with van der Waals surface area (Å²) in [5.74, 6) is 5.30. The van der Waals surface area contributed by atoms with Crippen LogP contribution in [0.5, 0.6) is 5.75 Å². The lowest BCUT2D eigenvalue weighted by atomic mass is 9.98. The van der Waals surface area contributed by atoms with Gasteiger partial charge in [-0.1, -0.05) is 17.9 Å². The molecule has 1 atom stereocenters. The first kappa shape index (κ1) is 19.3. The van der Waals surface area contributed by atoms with Crippen molar-refractivity contribution in [2.75, 3.05) is 13.7 Å². The van der Waals surface area contributed by atoms with Crippen LogP contribution in [0.4, 0.5) is 4.79 Å². The zero-order valence-electron chi connectivity index (χ0n) is 16.3. The summed E-state index contributed by atoms with van der Waals surface area (Å²) in [6.07, 6.45) is 1.44. The maximum absolute atomic E-state index is 12.9. The number of nitrogens with one attached hydrogen (secondary N) is 3. The Balaban J connectivity index is 1.67. The van der Waals surface area contributed by atoms with Crippen LogP contribution in [-0.4, -0.2) is 46.9 Å². The fourth-order valence-corrected chi connectivity index (χ4v) is 3.49. The third kappa shape index (κ3) is 3.28. The molecule has 1 aromatic heterocycles. The maximum atomic E-state index is 12.9. The standard InChI is InChI=1S/C21H18N4O5/c1-12-7-17(26)22-9-13(12)5-6-21(19(28)23-20(29)24-21)11-25-10-14-3-4-15(30-2)8-16(14)18(25)27/h3-4,7-9H,10-11H2,1-2H3,(H,22,26)(H2,23,24,28,29)/t21-/m1/s1. The molecule has 0 radical (unpaired) electrons. The molecule has 1 aromatic carbocycles. The number of hydrogen-bond donors (Lipinski definition) is 3. The average molecular weight is 406 g/mol. The predicted molar refractivity (Wildman–Crippen MR) is 106 cm³/mol. The number of ether oxygens (including phenoxy) is 1. The summed E-state index contributed by atoms with van der Waals surface area (Å²) >= 11 is 0. The number of carbonyl (C=O) groups excluding carboxylic acids is 3. The molecule has 9 heteroatoms. The third-order valence-electron chi connectivity index (χ3n) is 5.11. The third-order valence-corrected chi connectivity index (χ3v) is 5.11. The van der Waals surface area contributed by atoms with Crippen molar-refractivity contribution in [2.24, 2.45) is 0 Å². The first-order valence-electron chi connectivity index (χ1n) is 9.13. The summed E-state index contributed by atoms with van der Waals surface area (Å²) in [5, 5.41) is 4.74. The van der Waals surface area contributed by atoms with E-state index < -0.39 is 17.5 Å². The van der Waals surface area contributed by atoms with E-state index in [9.17, 15) is 19.2 Å². The molecule has 0 saturated carbocycles. The maximum Gasteiger partial charge on any atom is 0.323 e. The molecule has 2 aromatic rings. The van der Waals surface area contributed by atoms with Gasteiger partial charge in [0.05, 0.1) is 13.7 Å². The average Bonchev–Trinajstić information content (AvgIpc) is 3.16. The molecule has 9 nitrogen and oxygen atoms in total. The number of amides is 4. The molecule has 2 aliphatic rings. The highest BCUT2D eigenvalue weighted by atomic mass is 16.5. The minimum absolute atomic E-state index is 0.129. The van der Waals surface area contributed by atoms with E-state index in [4.69, 9.17) is 4.74 Å². The van der Waals surface area contributed by atoms with Crippen molar-refractivity contribution in [3.63, 3.8) is 0 Å². The van der Waals surface area contributed by atoms with Gasteiger partial charge in [0.15, 0.2) is 0 Å². The summed E-state index contributed by atoms with van der Waals surface area (Å²) in [6, 6.07) is 5.90. The second-order valence-corrected chi connectivity index (χ2v) is 7.14. The zero-order valence-corrected chi connectivity index (χ0v) is 16.3. The second kappa shape index (κ2) is 7.08. The zero-order chi connectivity index (χ0) is 21.5. The van der Waals surface area contributed by atoms with Crippen LogP contribution in [0.2, 0.25) is 0 Å². The van der Waals surface area contributed by atoms with Gasteiger partial charge >= 0.3 is 6.03 Å². The monoisotopic (exact) mass is 406 g/mol. The fourth-order valence-electron chi connectivity index (χ4n) is 3.49. The number of imide groups is 1. The van der Waals surface area contributed by atoms with Crippen molar-refractivity contribution in [2.45, 2.75) is 19.0 Å². The highest BCUT2D eigenvalue weighted by molar-refractivity contribution is 6.10. The van der Waals surface area contributed by atoms with Crippen molar-refractivity contribution in [1.29, 1.82) is 0 Å². The van der Waals surface area contributed by atoms with E-state index in [-0.39, 0.29) is 24.6 Å². The van der Waals surface area contributed by atoms with Crippen LogP contribution >= 0.6 is 0 Å². The van der Waals surface area contributed by atoms with Crippen molar-refractivity contribution in [3.05, 3.63) is 63.1 Å². The smallest absolute Gasteiger partial charge is 0.323 e. The van der Waals surface area contributed by atoms with Gasteiger partial charge in [-0.25, -0.2) is 4.79 Å². The van der Waals surface area contributed by atoms with Gasteiger partial charge in [0.2, 0.25) is 11.1 Å². The summed E-state index contributed by atoms with van der Waals surface area (Å²) in [7, 11) is 1.51. The van der Waals surface area contributed by atoms with E-state index in [1.165, 1.54) is 24.3 Å². The molecule has 3 N–H and O–H groups in total. The highest BCUT2D eigenvalue weighted by Gasteiger charge is 2.48. The van der Waals surface area contributed by atoms with Gasteiger partial charge in [-0.3, -0.25) is 19.7 Å². The van der Waals surface area contributed by atoms with E-state index in [1.54, 1.807) is 25.1 Å². The van der Waals surface area contributed by atoms with Crippen LogP contribution < -0.4 is 20.9 Å². The van der Waals surface area contributed by atoms with Gasteiger partial charge in [0, 0.05) is 29.9 Å². The Labute approximate surface area is 171 Å². The van der Waals surface area contributed by atoms with Crippen LogP contribution in [0.1, 0.15) is 27.0 Å². The van der Waals surface area contributed by atoms with Crippen molar-refractivity contribution in [3.8, 4) is 17.6 Å². The number of nitrogens with zero attached hydrogens (tertiary/aromatic N) is 1. The minimum Gasteiger partial charge on any atom is -0.497 e. The predicted octanol–water partition coefficient (Wildman–Crippen LogP) is 0.278. The molecule has 4 amide bonds. The van der Waals surface area contributed by atoms with E-state index in [0.29, 0.717) is 22.4 Å². The van der Waals surface area contributed by atoms with Gasteiger partial charge in [-0.2, -0.15) is 0 Å². The van der Waals surface area contributed by atoms with Crippen LogP contribution in [0.3, 0.4) is 0 Å². The first-order chi connectivity index (χ1) is 14.3. The van der Waals surface area contributed by atoms with E-state index in [0.717, 1.165) is 5.56 Å². The summed E-state index contributed by atoms with van der Waals surface area (Å²) in [5.41, 5.74) is 0.535. The number of fused-ring (bicyclic) bond motifs is 1. The number of methoxy groups -OCH3 is 1. The SMILES string of the molecule is COc1ccc2c(c1)C(=O)N(C[C@@]1(C#Cc3c[nH]c(=O)cc3C)NC(=O)NC1=O)C2. The van der Waals surface area contributed by atoms with Crippen LogP contribution in [-0.2, 0) is 11.3 Å². The molecule has 0 aliphatic carbocycles. The number of carbonyl (C=O) groups is 3. The fraction of sp³-hybridized carbons (Fsp3) is 0.238. The summed E-state index contributed by atoms with van der Waals surface area (Å²) in [4.78, 5) is 52.8. The lowest BCUT2D eigenvalue weighted by Gasteiger charge is -2.26. The van der Waals surface area contributed by atoms with Crippen molar-refractivity contribution < 1.29 is 19.1 Å². The summed E-state index contributed by atoms with van der Waals surface area (Å²) in [6.45, 7) is 1.87. The Morgan fingerprint density at radius 3 is 2.67 bits per heavy atom. The lowest BCUT2D eigenvalue weighted by Crippen LogP contribution is -2.54. The van der Waals surface area contributed by atoms with E-state index in [2.05, 4.69) is 27.5 Å². The van der Waals surface area contributed by atoms with Gasteiger partial charge in [0.25, 0.3) is 11.8 Å². The van der Waals surface area contributed by atoms with Crippen LogP contribution in [0.25, 0.3) is 0 Å². The molecular formula is C21H18N4O5. The Bertz CT molecular complexity index is 1210. The largest absolute Gasteiger partial charge is 0.497 e. The Kier molecular flexibility index (Phi) is 4.54. The molecule has 1 fully saturated rings. The molecule has 30 heavy (non-hydrogen) atoms. The molecule has 0 spiro atoms. The number of rotatable bonds is 3. The second-order valence-electron chi connectivity index (χ2n) is 7.14. The first-order valence-corrected chi connectivity index (χ1v) is 9.13. The Hall–Kier alpha value is -4.06. The van der Waals surface area contributed by atoms with Crippen molar-refractivity contribution >= 4 is 17.8 Å². The number of benzene rings is 1. The molecule has 1 saturated heterocycles. The number of pyridine rings is 1. The van der Waals surface area contributed by atoms with Gasteiger partial charge < -0.3 is 19.9 Å². The molecule has 0 bridgehead atoms. The normalized spacial score (nSPS) is 19.7.